The third-order valence-corrected chi connectivity index (χ3v) is 6.03. The summed E-state index contributed by atoms with van der Waals surface area (Å²) in [5.41, 5.74) is 0.585. The van der Waals surface area contributed by atoms with E-state index in [9.17, 15) is 19.1 Å². The van der Waals surface area contributed by atoms with Crippen molar-refractivity contribution in [1.82, 2.24) is 10.2 Å². The number of ether oxygens (including phenoxy) is 1. The molecule has 1 unspecified atom stereocenters. The minimum absolute atomic E-state index is 0.130. The fourth-order valence-corrected chi connectivity index (χ4v) is 4.27. The Morgan fingerprint density at radius 3 is 2.52 bits per heavy atom. The van der Waals surface area contributed by atoms with Crippen LogP contribution < -0.4 is 9.64 Å². The Labute approximate surface area is 181 Å². The van der Waals surface area contributed by atoms with Crippen molar-refractivity contribution in [3.05, 3.63) is 76.1 Å². The maximum atomic E-state index is 13.4. The van der Waals surface area contributed by atoms with Crippen molar-refractivity contribution in [2.45, 2.75) is 19.4 Å². The molecule has 1 aliphatic rings. The summed E-state index contributed by atoms with van der Waals surface area (Å²) < 4.78 is 18.8. The summed E-state index contributed by atoms with van der Waals surface area (Å²) in [6.07, 6.45) is 0.622. The van der Waals surface area contributed by atoms with E-state index in [1.807, 2.05) is 6.92 Å². The summed E-state index contributed by atoms with van der Waals surface area (Å²) in [6.45, 7) is 1.91. The van der Waals surface area contributed by atoms with E-state index in [4.69, 9.17) is 4.74 Å². The van der Waals surface area contributed by atoms with E-state index < -0.39 is 29.3 Å². The number of halogens is 1. The fourth-order valence-electron chi connectivity index (χ4n) is 3.46. The topological polar surface area (TPSA) is 92.6 Å². The number of amides is 1. The molecule has 4 rings (SSSR count). The number of methoxy groups -OCH3 is 1. The number of Topliss-reactive ketones (excluding diaryl/α,β-unsaturated/α-hetero) is 1. The van der Waals surface area contributed by atoms with Crippen LogP contribution in [0.1, 0.15) is 29.1 Å². The number of ketones is 1. The second kappa shape index (κ2) is 8.27. The van der Waals surface area contributed by atoms with Crippen LogP contribution in [0.5, 0.6) is 5.75 Å². The van der Waals surface area contributed by atoms with Crippen molar-refractivity contribution in [2.24, 2.45) is 0 Å². The number of carbonyl (C=O) groups excluding carboxylic acids is 2. The highest BCUT2D eigenvalue weighted by molar-refractivity contribution is 7.15. The van der Waals surface area contributed by atoms with Gasteiger partial charge in [-0.15, -0.1) is 10.2 Å². The Balaban J connectivity index is 1.96. The molecular weight excluding hydrogens is 421 g/mol. The van der Waals surface area contributed by atoms with Crippen LogP contribution in [0.25, 0.3) is 5.76 Å². The molecule has 158 valence electrons. The van der Waals surface area contributed by atoms with Gasteiger partial charge in [0.2, 0.25) is 5.13 Å². The number of aryl methyl sites for hydroxylation is 1. The van der Waals surface area contributed by atoms with E-state index in [0.717, 1.165) is 0 Å². The van der Waals surface area contributed by atoms with Crippen molar-refractivity contribution >= 4 is 33.9 Å². The van der Waals surface area contributed by atoms with Crippen molar-refractivity contribution in [2.75, 3.05) is 12.0 Å². The van der Waals surface area contributed by atoms with Gasteiger partial charge in [-0.2, -0.15) is 0 Å². The van der Waals surface area contributed by atoms with E-state index in [0.29, 0.717) is 22.7 Å². The van der Waals surface area contributed by atoms with Crippen molar-refractivity contribution < 1.29 is 23.8 Å². The molecule has 2 aromatic carbocycles. The highest BCUT2D eigenvalue weighted by atomic mass is 32.1. The molecule has 31 heavy (non-hydrogen) atoms. The first kappa shape index (κ1) is 20.7. The van der Waals surface area contributed by atoms with Gasteiger partial charge in [0.1, 0.15) is 28.4 Å². The van der Waals surface area contributed by atoms with Crippen LogP contribution in [0.4, 0.5) is 9.52 Å². The lowest BCUT2D eigenvalue weighted by Gasteiger charge is -2.24. The van der Waals surface area contributed by atoms with Crippen LogP contribution in [0.3, 0.4) is 0 Å². The number of hydrogen-bond acceptors (Lipinski definition) is 7. The average Bonchev–Trinajstić information content (AvgIpc) is 3.36. The lowest BCUT2D eigenvalue weighted by Crippen LogP contribution is -2.29. The van der Waals surface area contributed by atoms with Crippen molar-refractivity contribution in [1.29, 1.82) is 0 Å². The molecule has 1 amide bonds. The number of anilines is 1. The molecule has 0 spiro atoms. The lowest BCUT2D eigenvalue weighted by molar-refractivity contribution is -0.132. The first-order chi connectivity index (χ1) is 15.0. The van der Waals surface area contributed by atoms with Crippen LogP contribution in [-0.4, -0.2) is 34.1 Å². The number of hydrogen-bond donors (Lipinski definition) is 1. The summed E-state index contributed by atoms with van der Waals surface area (Å²) in [6, 6.07) is 11.0. The number of aromatic nitrogens is 2. The SMILES string of the molecule is CCc1nnc(N2C(=O)C(=O)/C(=C(/O)c3ccc(F)cc3)C2c2ccccc2OC)s1. The number of benzene rings is 2. The molecular formula is C22H18FN3O4S. The largest absolute Gasteiger partial charge is 0.507 e. The maximum Gasteiger partial charge on any atom is 0.301 e. The zero-order valence-electron chi connectivity index (χ0n) is 16.7. The summed E-state index contributed by atoms with van der Waals surface area (Å²) in [5, 5.41) is 20.1. The Bertz CT molecular complexity index is 1190. The predicted octanol–water partition coefficient (Wildman–Crippen LogP) is 3.87. The van der Waals surface area contributed by atoms with E-state index >= 15 is 0 Å². The number of nitrogens with zero attached hydrogens (tertiary/aromatic N) is 3. The fraction of sp³-hybridized carbons (Fsp3) is 0.182. The van der Waals surface area contributed by atoms with Gasteiger partial charge in [-0.05, 0) is 36.8 Å². The Kier molecular flexibility index (Phi) is 5.51. The third-order valence-electron chi connectivity index (χ3n) is 4.96. The van der Waals surface area contributed by atoms with Crippen LogP contribution in [0.2, 0.25) is 0 Å². The molecule has 9 heteroatoms. The standard InChI is InChI=1S/C22H18FN3O4S/c1-3-16-24-25-22(31-16)26-18(14-6-4-5-7-15(14)30-2)17(20(28)21(26)29)19(27)12-8-10-13(23)11-9-12/h4-11,18,27H,3H2,1-2H3/b19-17+. The van der Waals surface area contributed by atoms with Gasteiger partial charge in [-0.25, -0.2) is 4.39 Å². The number of aliphatic hydroxyl groups is 1. The van der Waals surface area contributed by atoms with Gasteiger partial charge in [0.15, 0.2) is 0 Å². The van der Waals surface area contributed by atoms with Crippen LogP contribution in [0.15, 0.2) is 54.1 Å². The Morgan fingerprint density at radius 1 is 1.16 bits per heavy atom. The molecule has 1 N–H and O–H groups in total. The number of rotatable bonds is 5. The minimum Gasteiger partial charge on any atom is -0.507 e. The highest BCUT2D eigenvalue weighted by Crippen LogP contribution is 2.45. The second-order valence-corrected chi connectivity index (χ2v) is 7.79. The quantitative estimate of drug-likeness (QED) is 0.369. The van der Waals surface area contributed by atoms with E-state index in [-0.39, 0.29) is 16.3 Å². The summed E-state index contributed by atoms with van der Waals surface area (Å²) in [4.78, 5) is 27.3. The van der Waals surface area contributed by atoms with E-state index in [1.165, 1.54) is 47.6 Å². The normalized spacial score (nSPS) is 17.9. The van der Waals surface area contributed by atoms with Crippen LogP contribution >= 0.6 is 11.3 Å². The predicted molar refractivity (Wildman–Crippen MR) is 113 cm³/mol. The average molecular weight is 439 g/mol. The first-order valence-electron chi connectivity index (χ1n) is 9.48. The highest BCUT2D eigenvalue weighted by Gasteiger charge is 2.49. The molecule has 0 radical (unpaired) electrons. The van der Waals surface area contributed by atoms with Gasteiger partial charge in [0.05, 0.1) is 12.7 Å². The van der Waals surface area contributed by atoms with Gasteiger partial charge < -0.3 is 9.84 Å². The Hall–Kier alpha value is -3.59. The minimum atomic E-state index is -0.987. The Morgan fingerprint density at radius 2 is 1.87 bits per heavy atom. The van der Waals surface area contributed by atoms with Gasteiger partial charge in [0, 0.05) is 11.1 Å². The summed E-state index contributed by atoms with van der Waals surface area (Å²) in [5.74, 6) is -2.16. The van der Waals surface area contributed by atoms with Crippen LogP contribution in [-0.2, 0) is 16.0 Å². The van der Waals surface area contributed by atoms with Gasteiger partial charge in [0.25, 0.3) is 5.78 Å². The molecule has 3 aromatic rings. The molecule has 2 heterocycles. The van der Waals surface area contributed by atoms with Gasteiger partial charge in [-0.1, -0.05) is 36.5 Å². The van der Waals surface area contributed by atoms with Gasteiger partial charge in [-0.3, -0.25) is 14.5 Å². The molecule has 0 aliphatic carbocycles. The molecule has 1 aromatic heterocycles. The molecule has 1 atom stereocenters. The number of carbonyl (C=O) groups is 2. The second-order valence-electron chi connectivity index (χ2n) is 6.75. The number of aliphatic hydroxyl groups excluding tert-OH is 1. The van der Waals surface area contributed by atoms with Gasteiger partial charge >= 0.3 is 5.91 Å². The van der Waals surface area contributed by atoms with E-state index in [1.54, 1.807) is 24.3 Å². The third kappa shape index (κ3) is 3.57. The molecule has 0 bridgehead atoms. The first-order valence-corrected chi connectivity index (χ1v) is 10.3. The molecule has 1 saturated heterocycles. The number of para-hydroxylation sites is 1. The molecule has 1 aliphatic heterocycles. The molecule has 7 nitrogen and oxygen atoms in total. The zero-order valence-corrected chi connectivity index (χ0v) is 17.5. The van der Waals surface area contributed by atoms with Crippen LogP contribution in [0, 0.1) is 5.82 Å². The van der Waals surface area contributed by atoms with E-state index in [2.05, 4.69) is 10.2 Å². The molecule has 0 saturated carbocycles. The summed E-state index contributed by atoms with van der Waals surface area (Å²) in [7, 11) is 1.48. The van der Waals surface area contributed by atoms with Crippen molar-refractivity contribution in [3.63, 3.8) is 0 Å². The maximum absolute atomic E-state index is 13.4. The summed E-state index contributed by atoms with van der Waals surface area (Å²) >= 11 is 1.20. The lowest BCUT2D eigenvalue weighted by atomic mass is 9.94. The molecule has 1 fully saturated rings. The monoisotopic (exact) mass is 439 g/mol. The zero-order chi connectivity index (χ0) is 22.1. The smallest absolute Gasteiger partial charge is 0.301 e. The van der Waals surface area contributed by atoms with Crippen molar-refractivity contribution in [3.8, 4) is 5.75 Å².